The normalized spacial score (nSPS) is 18.5. The zero-order chi connectivity index (χ0) is 27.4. The number of unbranched alkanes of at least 4 members (excludes halogenated alkanes) is 3. The van der Waals surface area contributed by atoms with Crippen molar-refractivity contribution in [1.82, 2.24) is 0 Å². The van der Waals surface area contributed by atoms with Gasteiger partial charge in [0.25, 0.3) is 0 Å². The van der Waals surface area contributed by atoms with Gasteiger partial charge in [0, 0.05) is 18.4 Å². The fraction of sp³-hybridized carbons (Fsp3) is 0.771. The third-order valence-corrected chi connectivity index (χ3v) is 8.41. The van der Waals surface area contributed by atoms with Crippen LogP contribution in [0.1, 0.15) is 141 Å². The highest BCUT2D eigenvalue weighted by atomic mass is 16.5. The first kappa shape index (κ1) is 31.6. The molecule has 210 valence electrons. The third kappa shape index (κ3) is 10.2. The van der Waals surface area contributed by atoms with Crippen LogP contribution in [0.25, 0.3) is 0 Å². The van der Waals surface area contributed by atoms with Crippen molar-refractivity contribution in [2.24, 2.45) is 17.8 Å². The lowest BCUT2D eigenvalue weighted by Gasteiger charge is -2.35. The summed E-state index contributed by atoms with van der Waals surface area (Å²) in [4.78, 5) is 0. The first-order chi connectivity index (χ1) is 17.6. The molecule has 2 heteroatoms. The quantitative estimate of drug-likeness (QED) is 0.172. The Morgan fingerprint density at radius 2 is 1.51 bits per heavy atom. The van der Waals surface area contributed by atoms with Gasteiger partial charge in [-0.05, 0) is 81.4 Å². The van der Waals surface area contributed by atoms with E-state index in [2.05, 4.69) is 74.2 Å². The largest absolute Gasteiger partial charge is 0.493 e. The van der Waals surface area contributed by atoms with Crippen LogP contribution < -0.4 is 9.47 Å². The van der Waals surface area contributed by atoms with E-state index < -0.39 is 5.60 Å². The van der Waals surface area contributed by atoms with Crippen molar-refractivity contribution in [3.63, 3.8) is 0 Å². The molecule has 0 radical (unpaired) electrons. The average molecular weight is 511 g/mol. The standard InChI is InChI=1S/C35H58O2/c1-10-11-12-13-25-36-33-29(6)30(7)34-32(31(33)8)22-24-35(9,37-34)23-16-21-28(5)20-15-19-27(4)18-14-17-26(2)3/h26-28H,10-15,17-22,24-25H2,1-9H3/t27-,28-,35-/m1/s1. The molecule has 0 aromatic heterocycles. The highest BCUT2D eigenvalue weighted by Crippen LogP contribution is 2.43. The van der Waals surface area contributed by atoms with Crippen LogP contribution in [-0.4, -0.2) is 12.2 Å². The molecule has 0 aliphatic carbocycles. The minimum absolute atomic E-state index is 0.399. The van der Waals surface area contributed by atoms with Crippen LogP contribution in [0.5, 0.6) is 11.5 Å². The van der Waals surface area contributed by atoms with E-state index in [1.807, 2.05) is 0 Å². The van der Waals surface area contributed by atoms with Gasteiger partial charge in [0.15, 0.2) is 5.60 Å². The first-order valence-corrected chi connectivity index (χ1v) is 15.5. The Labute approximate surface area is 230 Å². The van der Waals surface area contributed by atoms with Crippen molar-refractivity contribution < 1.29 is 9.47 Å². The molecule has 0 saturated heterocycles. The predicted molar refractivity (Wildman–Crippen MR) is 161 cm³/mol. The Hall–Kier alpha value is -1.62. The average Bonchev–Trinajstić information content (AvgIpc) is 2.84. The van der Waals surface area contributed by atoms with Gasteiger partial charge in [-0.25, -0.2) is 0 Å². The zero-order valence-electron chi connectivity index (χ0n) is 25.9. The van der Waals surface area contributed by atoms with Crippen LogP contribution in [0, 0.1) is 50.4 Å². The van der Waals surface area contributed by atoms with Crippen molar-refractivity contribution in [2.75, 3.05) is 6.61 Å². The van der Waals surface area contributed by atoms with Crippen molar-refractivity contribution in [3.05, 3.63) is 22.3 Å². The smallest absolute Gasteiger partial charge is 0.166 e. The van der Waals surface area contributed by atoms with Crippen LogP contribution in [0.3, 0.4) is 0 Å². The molecule has 1 aromatic carbocycles. The third-order valence-electron chi connectivity index (χ3n) is 8.41. The summed E-state index contributed by atoms with van der Waals surface area (Å²) < 4.78 is 12.9. The van der Waals surface area contributed by atoms with Gasteiger partial charge < -0.3 is 9.47 Å². The second kappa shape index (κ2) is 15.7. The molecule has 0 amide bonds. The highest BCUT2D eigenvalue weighted by molar-refractivity contribution is 5.59. The molecule has 1 aromatic rings. The summed E-state index contributed by atoms with van der Waals surface area (Å²) in [6, 6.07) is 0. The molecule has 37 heavy (non-hydrogen) atoms. The maximum Gasteiger partial charge on any atom is 0.166 e. The van der Waals surface area contributed by atoms with E-state index in [0.717, 1.165) is 55.6 Å². The van der Waals surface area contributed by atoms with Gasteiger partial charge in [0.2, 0.25) is 0 Å². The maximum absolute atomic E-state index is 6.64. The van der Waals surface area contributed by atoms with Crippen LogP contribution in [0.4, 0.5) is 0 Å². The molecule has 0 bridgehead atoms. The lowest BCUT2D eigenvalue weighted by atomic mass is 9.87. The van der Waals surface area contributed by atoms with E-state index >= 15 is 0 Å². The molecule has 3 atom stereocenters. The van der Waals surface area contributed by atoms with E-state index in [-0.39, 0.29) is 0 Å². The van der Waals surface area contributed by atoms with Gasteiger partial charge in [-0.1, -0.05) is 97.8 Å². The minimum atomic E-state index is -0.399. The van der Waals surface area contributed by atoms with Gasteiger partial charge in [-0.15, -0.1) is 0 Å². The molecule has 2 nitrogen and oxygen atoms in total. The summed E-state index contributed by atoms with van der Waals surface area (Å²) in [5.74, 6) is 11.5. The SMILES string of the molecule is CCCCCCOc1c(C)c(C)c2c(c1C)CC[C@@](C)(C#CC[C@H](C)CCC[C@H](C)CCCC(C)C)O2. The van der Waals surface area contributed by atoms with Crippen LogP contribution in [0.2, 0.25) is 0 Å². The first-order valence-electron chi connectivity index (χ1n) is 15.5. The Kier molecular flexibility index (Phi) is 13.4. The summed E-state index contributed by atoms with van der Waals surface area (Å²) in [5.41, 5.74) is 4.62. The number of hydrogen-bond donors (Lipinski definition) is 0. The molecule has 0 spiro atoms. The summed E-state index contributed by atoms with van der Waals surface area (Å²) in [6.07, 6.45) is 15.9. The van der Waals surface area contributed by atoms with Crippen LogP contribution in [-0.2, 0) is 6.42 Å². The van der Waals surface area contributed by atoms with Gasteiger partial charge in [-0.2, -0.15) is 0 Å². The highest BCUT2D eigenvalue weighted by Gasteiger charge is 2.33. The second-order valence-electron chi connectivity index (χ2n) is 12.7. The Bertz CT molecular complexity index is 887. The van der Waals surface area contributed by atoms with Gasteiger partial charge in [0.05, 0.1) is 6.61 Å². The molecule has 2 rings (SSSR count). The van der Waals surface area contributed by atoms with E-state index in [1.54, 1.807) is 0 Å². The van der Waals surface area contributed by atoms with Crippen LogP contribution >= 0.6 is 0 Å². The predicted octanol–water partition coefficient (Wildman–Crippen LogP) is 10.3. The lowest BCUT2D eigenvalue weighted by Crippen LogP contribution is -2.35. The Morgan fingerprint density at radius 1 is 0.838 bits per heavy atom. The molecule has 0 fully saturated rings. The number of rotatable bonds is 15. The molecule has 1 heterocycles. The molecular formula is C35H58O2. The summed E-state index contributed by atoms with van der Waals surface area (Å²) in [7, 11) is 0. The minimum Gasteiger partial charge on any atom is -0.493 e. The van der Waals surface area contributed by atoms with Crippen molar-refractivity contribution in [3.8, 4) is 23.3 Å². The van der Waals surface area contributed by atoms with Crippen molar-refractivity contribution in [1.29, 1.82) is 0 Å². The maximum atomic E-state index is 6.64. The van der Waals surface area contributed by atoms with Gasteiger partial charge in [0.1, 0.15) is 11.5 Å². The molecule has 1 aliphatic rings. The molecule has 0 saturated carbocycles. The molecule has 0 N–H and O–H groups in total. The van der Waals surface area contributed by atoms with E-state index in [1.165, 1.54) is 80.0 Å². The van der Waals surface area contributed by atoms with E-state index in [9.17, 15) is 0 Å². The number of benzene rings is 1. The number of fused-ring (bicyclic) bond motifs is 1. The number of ether oxygens (including phenoxy) is 2. The van der Waals surface area contributed by atoms with Crippen molar-refractivity contribution >= 4 is 0 Å². The topological polar surface area (TPSA) is 18.5 Å². The Balaban J connectivity index is 1.89. The van der Waals surface area contributed by atoms with Gasteiger partial charge >= 0.3 is 0 Å². The Morgan fingerprint density at radius 3 is 2.19 bits per heavy atom. The lowest BCUT2D eigenvalue weighted by molar-refractivity contribution is 0.122. The monoisotopic (exact) mass is 510 g/mol. The number of hydrogen-bond acceptors (Lipinski definition) is 2. The molecular weight excluding hydrogens is 452 g/mol. The van der Waals surface area contributed by atoms with Crippen molar-refractivity contribution in [2.45, 2.75) is 151 Å². The summed E-state index contributed by atoms with van der Waals surface area (Å²) >= 11 is 0. The summed E-state index contributed by atoms with van der Waals surface area (Å²) in [5, 5.41) is 0. The van der Waals surface area contributed by atoms with Crippen LogP contribution in [0.15, 0.2) is 0 Å². The second-order valence-corrected chi connectivity index (χ2v) is 12.7. The van der Waals surface area contributed by atoms with E-state index in [0.29, 0.717) is 5.92 Å². The fourth-order valence-electron chi connectivity index (χ4n) is 5.59. The fourth-order valence-corrected chi connectivity index (χ4v) is 5.59. The summed E-state index contributed by atoms with van der Waals surface area (Å²) in [6.45, 7) is 21.2. The van der Waals surface area contributed by atoms with E-state index in [4.69, 9.17) is 9.47 Å². The molecule has 0 unspecified atom stereocenters. The molecule has 1 aliphatic heterocycles. The van der Waals surface area contributed by atoms with Gasteiger partial charge in [-0.3, -0.25) is 0 Å². The zero-order valence-corrected chi connectivity index (χ0v) is 25.9.